The summed E-state index contributed by atoms with van der Waals surface area (Å²) in [6.07, 6.45) is 2.16. The van der Waals surface area contributed by atoms with Gasteiger partial charge in [-0.3, -0.25) is 0 Å². The van der Waals surface area contributed by atoms with Crippen molar-refractivity contribution < 1.29 is 0 Å². The van der Waals surface area contributed by atoms with E-state index in [1.807, 2.05) is 0 Å². The average molecular weight is 292 g/mol. The minimum absolute atomic E-state index is 0.188. The van der Waals surface area contributed by atoms with E-state index >= 15 is 0 Å². The van der Waals surface area contributed by atoms with Crippen molar-refractivity contribution in [3.63, 3.8) is 0 Å². The number of hydrogen-bond donors (Lipinski definition) is 1. The van der Waals surface area contributed by atoms with Crippen LogP contribution < -0.4 is 10.2 Å². The highest BCUT2D eigenvalue weighted by molar-refractivity contribution is 5.36. The fourth-order valence-corrected chi connectivity index (χ4v) is 2.46. The molecule has 4 nitrogen and oxygen atoms in total. The van der Waals surface area contributed by atoms with Gasteiger partial charge in [-0.05, 0) is 73.4 Å². The molecule has 0 atom stereocenters. The minimum Gasteiger partial charge on any atom is -0.341 e. The lowest BCUT2D eigenvalue weighted by atomic mass is 10.1. The van der Waals surface area contributed by atoms with Crippen molar-refractivity contribution in [3.8, 4) is 0 Å². The van der Waals surface area contributed by atoms with Gasteiger partial charge in [0.25, 0.3) is 0 Å². The Labute approximate surface area is 130 Å². The summed E-state index contributed by atoms with van der Waals surface area (Å²) >= 11 is 0. The molecule has 1 heterocycles. The summed E-state index contributed by atoms with van der Waals surface area (Å²) in [5.41, 5.74) is 3.75. The zero-order valence-corrected chi connectivity index (χ0v) is 14.9. The molecule has 0 aromatic carbocycles. The second-order valence-electron chi connectivity index (χ2n) is 6.63. The van der Waals surface area contributed by atoms with E-state index in [-0.39, 0.29) is 5.54 Å². The van der Waals surface area contributed by atoms with Gasteiger partial charge in [0.1, 0.15) is 0 Å². The predicted octanol–water partition coefficient (Wildman–Crippen LogP) is 3.26. The molecule has 0 saturated carbocycles. The first-order chi connectivity index (χ1) is 9.78. The van der Waals surface area contributed by atoms with Crippen molar-refractivity contribution in [2.75, 3.05) is 24.5 Å². The Morgan fingerprint density at radius 2 is 1.52 bits per heavy atom. The van der Waals surface area contributed by atoms with Crippen LogP contribution in [0.5, 0.6) is 0 Å². The zero-order valence-electron chi connectivity index (χ0n) is 14.9. The molecule has 0 aliphatic rings. The molecule has 0 aliphatic heterocycles. The third kappa shape index (κ3) is 5.62. The van der Waals surface area contributed by atoms with Gasteiger partial charge in [-0.15, -0.1) is 0 Å². The molecule has 0 bridgehead atoms. The molecule has 120 valence electrons. The monoisotopic (exact) mass is 292 g/mol. The van der Waals surface area contributed by atoms with Gasteiger partial charge in [0, 0.05) is 30.0 Å². The molecule has 1 rings (SSSR count). The lowest BCUT2D eigenvalue weighted by molar-refractivity contribution is 0.422. The third-order valence-corrected chi connectivity index (χ3v) is 3.71. The number of anilines is 1. The zero-order chi connectivity index (χ0) is 16.0. The van der Waals surface area contributed by atoms with Crippen molar-refractivity contribution in [3.05, 3.63) is 17.0 Å². The Balaban J connectivity index is 2.72. The average Bonchev–Trinajstić information content (AvgIpc) is 2.37. The quantitative estimate of drug-likeness (QED) is 0.783. The van der Waals surface area contributed by atoms with E-state index in [2.05, 4.69) is 58.7 Å². The first kappa shape index (κ1) is 17.9. The molecule has 0 fully saturated rings. The summed E-state index contributed by atoms with van der Waals surface area (Å²) in [6, 6.07) is 0. The van der Waals surface area contributed by atoms with E-state index in [9.17, 15) is 0 Å². The fourth-order valence-electron chi connectivity index (χ4n) is 2.46. The third-order valence-electron chi connectivity index (χ3n) is 3.71. The van der Waals surface area contributed by atoms with E-state index in [4.69, 9.17) is 9.97 Å². The first-order valence-corrected chi connectivity index (χ1v) is 8.12. The maximum Gasteiger partial charge on any atom is 0.225 e. The highest BCUT2D eigenvalue weighted by atomic mass is 15.2. The second kappa shape index (κ2) is 7.74. The van der Waals surface area contributed by atoms with Crippen LogP contribution in [0.2, 0.25) is 0 Å². The first-order valence-electron chi connectivity index (χ1n) is 8.12. The number of nitrogens with one attached hydrogen (secondary N) is 1. The number of aryl methyl sites for hydroxylation is 2. The van der Waals surface area contributed by atoms with Crippen molar-refractivity contribution in [1.82, 2.24) is 15.3 Å². The molecule has 0 saturated heterocycles. The van der Waals surface area contributed by atoms with Gasteiger partial charge in [-0.2, -0.15) is 0 Å². The van der Waals surface area contributed by atoms with Gasteiger partial charge >= 0.3 is 0 Å². The van der Waals surface area contributed by atoms with Crippen LogP contribution in [-0.4, -0.2) is 35.1 Å². The van der Waals surface area contributed by atoms with Crippen molar-refractivity contribution in [2.24, 2.45) is 0 Å². The minimum atomic E-state index is 0.188. The fraction of sp³-hybridized carbons (Fsp3) is 0.765. The number of nitrogens with zero attached hydrogens (tertiary/aromatic N) is 3. The van der Waals surface area contributed by atoms with Gasteiger partial charge in [0.15, 0.2) is 0 Å². The van der Waals surface area contributed by atoms with Gasteiger partial charge in [-0.1, -0.05) is 0 Å². The maximum absolute atomic E-state index is 4.70. The number of hydrogen-bond acceptors (Lipinski definition) is 4. The van der Waals surface area contributed by atoms with Gasteiger partial charge < -0.3 is 10.2 Å². The van der Waals surface area contributed by atoms with E-state index < -0.39 is 0 Å². The normalized spacial score (nSPS) is 11.8. The molecule has 0 radical (unpaired) electrons. The van der Waals surface area contributed by atoms with E-state index in [0.29, 0.717) is 0 Å². The summed E-state index contributed by atoms with van der Waals surface area (Å²) in [5, 5.41) is 3.53. The number of rotatable bonds is 7. The second-order valence-corrected chi connectivity index (χ2v) is 6.63. The molecular weight excluding hydrogens is 260 g/mol. The van der Waals surface area contributed by atoms with Crippen LogP contribution in [0.15, 0.2) is 0 Å². The topological polar surface area (TPSA) is 41.1 Å². The van der Waals surface area contributed by atoms with Crippen LogP contribution in [0.4, 0.5) is 5.95 Å². The molecule has 0 spiro atoms. The van der Waals surface area contributed by atoms with Crippen LogP contribution >= 0.6 is 0 Å². The van der Waals surface area contributed by atoms with E-state index in [0.717, 1.165) is 49.8 Å². The van der Waals surface area contributed by atoms with Crippen LogP contribution in [0, 0.1) is 13.8 Å². The molecule has 1 aromatic heterocycles. The number of aromatic nitrogens is 2. The Morgan fingerprint density at radius 1 is 1.00 bits per heavy atom. The highest BCUT2D eigenvalue weighted by Gasteiger charge is 2.12. The van der Waals surface area contributed by atoms with Crippen LogP contribution in [0.3, 0.4) is 0 Å². The van der Waals surface area contributed by atoms with Crippen LogP contribution in [0.1, 0.15) is 58.0 Å². The van der Waals surface area contributed by atoms with Crippen molar-refractivity contribution >= 4 is 5.95 Å². The molecule has 0 amide bonds. The summed E-state index contributed by atoms with van der Waals surface area (Å²) < 4.78 is 0. The van der Waals surface area contributed by atoms with Gasteiger partial charge in [0.2, 0.25) is 5.95 Å². The Hall–Kier alpha value is -1.16. The highest BCUT2D eigenvalue weighted by Crippen LogP contribution is 2.17. The van der Waals surface area contributed by atoms with Crippen LogP contribution in [-0.2, 0) is 6.42 Å². The van der Waals surface area contributed by atoms with Gasteiger partial charge in [0.05, 0.1) is 0 Å². The lowest BCUT2D eigenvalue weighted by Gasteiger charge is -2.22. The lowest BCUT2D eigenvalue weighted by Crippen LogP contribution is -2.36. The predicted molar refractivity (Wildman–Crippen MR) is 91.1 cm³/mol. The molecule has 1 aromatic rings. The SMILES string of the molecule is CCN(CC)c1nc(C)c(CCCNC(C)(C)C)c(C)n1. The molecule has 0 unspecified atom stereocenters. The Kier molecular flexibility index (Phi) is 6.59. The maximum atomic E-state index is 4.70. The molecule has 1 N–H and O–H groups in total. The molecule has 4 heteroatoms. The van der Waals surface area contributed by atoms with E-state index in [1.54, 1.807) is 0 Å². The standard InChI is InChI=1S/C17H32N4/c1-8-21(9-2)16-19-13(3)15(14(4)20-16)11-10-12-18-17(5,6)7/h18H,8-12H2,1-7H3. The Morgan fingerprint density at radius 3 is 1.95 bits per heavy atom. The smallest absolute Gasteiger partial charge is 0.225 e. The molecular formula is C17H32N4. The molecule has 0 aliphatic carbocycles. The van der Waals surface area contributed by atoms with Crippen molar-refractivity contribution in [2.45, 2.75) is 66.8 Å². The largest absolute Gasteiger partial charge is 0.341 e. The van der Waals surface area contributed by atoms with Gasteiger partial charge in [-0.25, -0.2) is 9.97 Å². The molecule has 21 heavy (non-hydrogen) atoms. The van der Waals surface area contributed by atoms with Crippen LogP contribution in [0.25, 0.3) is 0 Å². The van der Waals surface area contributed by atoms with E-state index in [1.165, 1.54) is 5.56 Å². The Bertz CT molecular complexity index is 422. The summed E-state index contributed by atoms with van der Waals surface area (Å²) in [4.78, 5) is 11.6. The summed E-state index contributed by atoms with van der Waals surface area (Å²) in [6.45, 7) is 18.0. The summed E-state index contributed by atoms with van der Waals surface area (Å²) in [5.74, 6) is 0.867. The van der Waals surface area contributed by atoms with Crippen molar-refractivity contribution in [1.29, 1.82) is 0 Å². The summed E-state index contributed by atoms with van der Waals surface area (Å²) in [7, 11) is 0.